The Balaban J connectivity index is 1.73. The Hall–Kier alpha value is -3.02. The molecule has 0 saturated carbocycles. The monoisotopic (exact) mass is 366 g/mol. The van der Waals surface area contributed by atoms with Crippen molar-refractivity contribution in [2.45, 2.75) is 19.0 Å². The van der Waals surface area contributed by atoms with Gasteiger partial charge in [0.25, 0.3) is 0 Å². The summed E-state index contributed by atoms with van der Waals surface area (Å²) in [5.74, 6) is 0.720. The number of benzene rings is 2. The Morgan fingerprint density at radius 2 is 1.85 bits per heavy atom. The number of nitrogens with zero attached hydrogens (tertiary/aromatic N) is 1. The summed E-state index contributed by atoms with van der Waals surface area (Å²) in [6.45, 7) is 2.27. The van der Waals surface area contributed by atoms with Crippen molar-refractivity contribution in [2.75, 3.05) is 26.1 Å². The van der Waals surface area contributed by atoms with Crippen molar-refractivity contribution in [3.8, 4) is 5.75 Å². The highest BCUT2D eigenvalue weighted by Crippen LogP contribution is 2.52. The van der Waals surface area contributed by atoms with E-state index in [0.29, 0.717) is 12.1 Å². The first-order chi connectivity index (χ1) is 13.0. The predicted molar refractivity (Wildman–Crippen MR) is 101 cm³/mol. The molecule has 2 aromatic rings. The third-order valence-corrected chi connectivity index (χ3v) is 5.56. The zero-order chi connectivity index (χ0) is 19.1. The summed E-state index contributed by atoms with van der Waals surface area (Å²) in [6.07, 6.45) is 0. The lowest BCUT2D eigenvalue weighted by Gasteiger charge is -2.55. The van der Waals surface area contributed by atoms with Gasteiger partial charge in [-0.05, 0) is 41.5 Å². The van der Waals surface area contributed by atoms with Gasteiger partial charge in [-0.25, -0.2) is 4.79 Å². The van der Waals surface area contributed by atoms with E-state index in [-0.39, 0.29) is 29.9 Å². The number of methoxy groups -OCH3 is 2. The average Bonchev–Trinajstić information content (AvgIpc) is 2.66. The van der Waals surface area contributed by atoms with Crippen LogP contribution in [0.4, 0.5) is 5.69 Å². The number of carbonyl (C=O) groups is 2. The van der Waals surface area contributed by atoms with Crippen LogP contribution in [0.1, 0.15) is 40.5 Å². The fraction of sp³-hybridized carbons (Fsp3) is 0.333. The molecule has 0 bridgehead atoms. The van der Waals surface area contributed by atoms with Crippen LogP contribution >= 0.6 is 0 Å². The third-order valence-electron chi connectivity index (χ3n) is 5.56. The molecule has 27 heavy (non-hydrogen) atoms. The Bertz CT molecular complexity index is 894. The number of rotatable bonds is 3. The van der Waals surface area contributed by atoms with Crippen LogP contribution in [0.5, 0.6) is 5.75 Å². The zero-order valence-electron chi connectivity index (χ0n) is 15.6. The maximum absolute atomic E-state index is 12.1. The van der Waals surface area contributed by atoms with E-state index in [2.05, 4.69) is 17.4 Å². The van der Waals surface area contributed by atoms with Gasteiger partial charge in [-0.15, -0.1) is 0 Å². The second kappa shape index (κ2) is 6.61. The quantitative estimate of drug-likeness (QED) is 0.845. The van der Waals surface area contributed by atoms with Gasteiger partial charge in [0.1, 0.15) is 5.75 Å². The van der Waals surface area contributed by atoms with Gasteiger partial charge in [-0.3, -0.25) is 4.79 Å². The number of carbonyl (C=O) groups excluding carboxylic acids is 2. The standard InChI is InChI=1S/C21H22N2O4/c1-12(24)23-11-17-19(13-4-7-15(26-2)8-5-13)22-18-9-6-14(21(25)27-3)10-16(18)20(17)23/h4-10,17,19-20,22H,11H2,1-3H3/t17-,19+,20+/m0/s1. The van der Waals surface area contributed by atoms with Crippen molar-refractivity contribution >= 4 is 17.6 Å². The number of amides is 1. The summed E-state index contributed by atoms with van der Waals surface area (Å²) >= 11 is 0. The molecule has 140 valence electrons. The minimum Gasteiger partial charge on any atom is -0.497 e. The van der Waals surface area contributed by atoms with Crippen LogP contribution < -0.4 is 10.1 Å². The fourth-order valence-electron chi connectivity index (χ4n) is 4.14. The topological polar surface area (TPSA) is 67.9 Å². The van der Waals surface area contributed by atoms with E-state index >= 15 is 0 Å². The van der Waals surface area contributed by atoms with Crippen LogP contribution in [0.2, 0.25) is 0 Å². The lowest BCUT2D eigenvalue weighted by Crippen LogP contribution is -2.57. The van der Waals surface area contributed by atoms with Gasteiger partial charge in [0.15, 0.2) is 0 Å². The van der Waals surface area contributed by atoms with Crippen LogP contribution in [0, 0.1) is 5.92 Å². The first-order valence-corrected chi connectivity index (χ1v) is 8.93. The first-order valence-electron chi connectivity index (χ1n) is 8.93. The van der Waals surface area contributed by atoms with Crippen molar-refractivity contribution in [1.82, 2.24) is 4.90 Å². The Morgan fingerprint density at radius 3 is 2.48 bits per heavy atom. The van der Waals surface area contributed by atoms with Gasteiger partial charge >= 0.3 is 5.97 Å². The van der Waals surface area contributed by atoms with Crippen LogP contribution in [0.3, 0.4) is 0 Å². The molecule has 2 aliphatic heterocycles. The van der Waals surface area contributed by atoms with Gasteiger partial charge in [-0.1, -0.05) is 12.1 Å². The Labute approximate surface area is 158 Å². The van der Waals surface area contributed by atoms with Crippen molar-refractivity contribution in [3.05, 3.63) is 59.2 Å². The van der Waals surface area contributed by atoms with Gasteiger partial charge in [-0.2, -0.15) is 0 Å². The highest BCUT2D eigenvalue weighted by atomic mass is 16.5. The maximum Gasteiger partial charge on any atom is 0.337 e. The summed E-state index contributed by atoms with van der Waals surface area (Å²) in [4.78, 5) is 25.9. The molecule has 2 heterocycles. The second-order valence-electron chi connectivity index (χ2n) is 6.97. The number of nitrogens with one attached hydrogen (secondary N) is 1. The number of likely N-dealkylation sites (tertiary alicyclic amines) is 1. The van der Waals surface area contributed by atoms with Gasteiger partial charge < -0.3 is 19.7 Å². The second-order valence-corrected chi connectivity index (χ2v) is 6.97. The lowest BCUT2D eigenvalue weighted by atomic mass is 9.72. The summed E-state index contributed by atoms with van der Waals surface area (Å²) < 4.78 is 10.1. The molecule has 3 atom stereocenters. The molecule has 2 aliphatic rings. The zero-order valence-corrected chi connectivity index (χ0v) is 15.6. The highest BCUT2D eigenvalue weighted by Gasteiger charge is 2.49. The van der Waals surface area contributed by atoms with E-state index in [1.165, 1.54) is 7.11 Å². The molecule has 0 unspecified atom stereocenters. The molecule has 1 N–H and O–H groups in total. The van der Waals surface area contributed by atoms with E-state index in [4.69, 9.17) is 9.47 Å². The van der Waals surface area contributed by atoms with E-state index in [1.807, 2.05) is 29.2 Å². The number of esters is 1. The first kappa shape index (κ1) is 17.4. The SMILES string of the molecule is COC(=O)c1ccc2c(c1)[C@@H]1[C@@H](CN1C(C)=O)[C@@H](c1ccc(OC)cc1)N2. The fourth-order valence-corrected chi connectivity index (χ4v) is 4.14. The van der Waals surface area contributed by atoms with E-state index in [9.17, 15) is 9.59 Å². The van der Waals surface area contributed by atoms with E-state index in [1.54, 1.807) is 20.1 Å². The lowest BCUT2D eigenvalue weighted by molar-refractivity contribution is -0.143. The number of hydrogen-bond acceptors (Lipinski definition) is 5. The Morgan fingerprint density at radius 1 is 1.11 bits per heavy atom. The molecule has 0 spiro atoms. The molecule has 1 saturated heterocycles. The van der Waals surface area contributed by atoms with Crippen LogP contribution in [0.25, 0.3) is 0 Å². The number of hydrogen-bond donors (Lipinski definition) is 1. The van der Waals surface area contributed by atoms with Crippen molar-refractivity contribution < 1.29 is 19.1 Å². The minimum atomic E-state index is -0.375. The van der Waals surface area contributed by atoms with Crippen molar-refractivity contribution in [2.24, 2.45) is 5.92 Å². The average molecular weight is 366 g/mol. The van der Waals surface area contributed by atoms with E-state index < -0.39 is 0 Å². The van der Waals surface area contributed by atoms with E-state index in [0.717, 1.165) is 22.6 Å². The molecule has 1 amide bonds. The molecule has 0 aliphatic carbocycles. The molecule has 0 radical (unpaired) electrons. The largest absolute Gasteiger partial charge is 0.497 e. The van der Waals surface area contributed by atoms with Gasteiger partial charge in [0.05, 0.1) is 31.9 Å². The van der Waals surface area contributed by atoms with Crippen LogP contribution in [0.15, 0.2) is 42.5 Å². The maximum atomic E-state index is 12.1. The normalized spacial score (nSPS) is 22.6. The molecular weight excluding hydrogens is 344 g/mol. The van der Waals surface area contributed by atoms with Gasteiger partial charge in [0, 0.05) is 25.1 Å². The molecular formula is C21H22N2O4. The number of ether oxygens (including phenoxy) is 2. The van der Waals surface area contributed by atoms with Crippen LogP contribution in [-0.2, 0) is 9.53 Å². The summed E-state index contributed by atoms with van der Waals surface area (Å²) in [5, 5.41) is 3.59. The van der Waals surface area contributed by atoms with Crippen molar-refractivity contribution in [1.29, 1.82) is 0 Å². The molecule has 2 aromatic carbocycles. The van der Waals surface area contributed by atoms with Gasteiger partial charge in [0.2, 0.25) is 5.91 Å². The Kier molecular flexibility index (Phi) is 4.26. The molecule has 4 rings (SSSR count). The number of anilines is 1. The summed E-state index contributed by atoms with van der Waals surface area (Å²) in [6, 6.07) is 13.5. The minimum absolute atomic E-state index is 0.0426. The summed E-state index contributed by atoms with van der Waals surface area (Å²) in [7, 11) is 3.02. The molecule has 0 aromatic heterocycles. The predicted octanol–water partition coefficient (Wildman–Crippen LogP) is 3.17. The van der Waals surface area contributed by atoms with Crippen molar-refractivity contribution in [3.63, 3.8) is 0 Å². The molecule has 1 fully saturated rings. The third kappa shape index (κ3) is 2.81. The van der Waals surface area contributed by atoms with Crippen LogP contribution in [-0.4, -0.2) is 37.5 Å². The molecule has 6 nitrogen and oxygen atoms in total. The smallest absolute Gasteiger partial charge is 0.337 e. The number of fused-ring (bicyclic) bond motifs is 3. The highest BCUT2D eigenvalue weighted by molar-refractivity contribution is 5.90. The summed E-state index contributed by atoms with van der Waals surface area (Å²) in [5.41, 5.74) is 3.55. The molecule has 6 heteroatoms.